The smallest absolute Gasteiger partial charge is 0.270 e. The van der Waals surface area contributed by atoms with Crippen LogP contribution in [0.5, 0.6) is 0 Å². The Labute approximate surface area is 138 Å². The van der Waals surface area contributed by atoms with Crippen LogP contribution in [0, 0.1) is 25.5 Å². The first-order valence-corrected chi connectivity index (χ1v) is 7.76. The van der Waals surface area contributed by atoms with Gasteiger partial charge in [-0.25, -0.2) is 8.78 Å². The minimum absolute atomic E-state index is 0.296. The number of amides is 1. The molecule has 0 radical (unpaired) electrons. The second kappa shape index (κ2) is 6.65. The van der Waals surface area contributed by atoms with Gasteiger partial charge in [-0.15, -0.1) is 0 Å². The number of pyridine rings is 1. The van der Waals surface area contributed by atoms with Crippen molar-refractivity contribution in [1.82, 2.24) is 10.3 Å². The normalized spacial score (nSPS) is 20.2. The molecule has 1 N–H and O–H groups in total. The number of ether oxygens (including phenoxy) is 1. The minimum atomic E-state index is -0.927. The molecule has 0 bridgehead atoms. The molecule has 2 atom stereocenters. The number of aromatic nitrogens is 1. The Hall–Kier alpha value is -2.34. The number of aryl methyl sites for hydroxylation is 2. The number of carbonyl (C=O) groups is 1. The van der Waals surface area contributed by atoms with Crippen molar-refractivity contribution < 1.29 is 18.3 Å². The lowest BCUT2D eigenvalue weighted by Crippen LogP contribution is -2.37. The van der Waals surface area contributed by atoms with Gasteiger partial charge >= 0.3 is 0 Å². The van der Waals surface area contributed by atoms with E-state index in [1.807, 2.05) is 19.9 Å². The maximum absolute atomic E-state index is 13.5. The Morgan fingerprint density at radius 1 is 1.25 bits per heavy atom. The van der Waals surface area contributed by atoms with Crippen LogP contribution in [0.2, 0.25) is 0 Å². The maximum atomic E-state index is 13.5. The van der Waals surface area contributed by atoms with E-state index in [2.05, 4.69) is 10.3 Å². The van der Waals surface area contributed by atoms with Crippen molar-refractivity contribution >= 4 is 5.91 Å². The van der Waals surface area contributed by atoms with E-state index in [4.69, 9.17) is 4.74 Å². The molecule has 1 saturated heterocycles. The lowest BCUT2D eigenvalue weighted by molar-refractivity contribution is 0.0816. The van der Waals surface area contributed by atoms with Gasteiger partial charge in [-0.1, -0.05) is 12.1 Å². The van der Waals surface area contributed by atoms with Crippen molar-refractivity contribution in [2.75, 3.05) is 6.61 Å². The van der Waals surface area contributed by atoms with E-state index in [1.165, 1.54) is 6.07 Å². The van der Waals surface area contributed by atoms with Crippen molar-refractivity contribution in [3.8, 4) is 0 Å². The summed E-state index contributed by atoms with van der Waals surface area (Å²) in [6, 6.07) is 5.23. The van der Waals surface area contributed by atoms with E-state index >= 15 is 0 Å². The number of halogens is 2. The highest BCUT2D eigenvalue weighted by atomic mass is 19.2. The zero-order valence-corrected chi connectivity index (χ0v) is 13.5. The molecule has 2 heterocycles. The van der Waals surface area contributed by atoms with E-state index in [9.17, 15) is 13.6 Å². The largest absolute Gasteiger partial charge is 0.371 e. The molecule has 1 aliphatic rings. The summed E-state index contributed by atoms with van der Waals surface area (Å²) in [5, 5.41) is 2.90. The number of nitrogens with one attached hydrogen (secondary N) is 1. The van der Waals surface area contributed by atoms with E-state index in [1.54, 1.807) is 6.20 Å². The third kappa shape index (κ3) is 3.28. The van der Waals surface area contributed by atoms with E-state index in [0.717, 1.165) is 23.3 Å². The summed E-state index contributed by atoms with van der Waals surface area (Å²) in [6.07, 6.45) is 1.73. The molecule has 4 nitrogen and oxygen atoms in total. The molecule has 1 aliphatic heterocycles. The van der Waals surface area contributed by atoms with Crippen LogP contribution in [-0.2, 0) is 4.74 Å². The van der Waals surface area contributed by atoms with Crippen molar-refractivity contribution in [2.45, 2.75) is 32.4 Å². The Morgan fingerprint density at radius 3 is 2.75 bits per heavy atom. The van der Waals surface area contributed by atoms with Crippen LogP contribution in [0.3, 0.4) is 0 Å². The minimum Gasteiger partial charge on any atom is -0.371 e. The molecule has 1 fully saturated rings. The first kappa shape index (κ1) is 16.5. The monoisotopic (exact) mass is 332 g/mol. The van der Waals surface area contributed by atoms with Crippen LogP contribution in [-0.4, -0.2) is 23.5 Å². The first-order valence-electron chi connectivity index (χ1n) is 7.76. The van der Waals surface area contributed by atoms with Crippen molar-refractivity contribution in [3.05, 3.63) is 64.5 Å². The molecule has 1 aromatic heterocycles. The molecule has 1 amide bonds. The summed E-state index contributed by atoms with van der Waals surface area (Å²) in [5.41, 5.74) is 2.63. The van der Waals surface area contributed by atoms with Gasteiger partial charge < -0.3 is 10.1 Å². The summed E-state index contributed by atoms with van der Waals surface area (Å²) >= 11 is 0. The second-order valence-electron chi connectivity index (χ2n) is 6.01. The molecule has 126 valence electrons. The molecule has 1 aromatic carbocycles. The molecular weight excluding hydrogens is 314 g/mol. The zero-order chi connectivity index (χ0) is 17.3. The highest BCUT2D eigenvalue weighted by Gasteiger charge is 2.32. The Bertz CT molecular complexity index is 780. The number of carbonyl (C=O) groups excluding carboxylic acids is 1. The Kier molecular flexibility index (Phi) is 4.57. The molecule has 24 heavy (non-hydrogen) atoms. The molecule has 0 saturated carbocycles. The van der Waals surface area contributed by atoms with Gasteiger partial charge in [0, 0.05) is 12.8 Å². The fraction of sp³-hybridized carbons (Fsp3) is 0.333. The van der Waals surface area contributed by atoms with Crippen LogP contribution in [0.15, 0.2) is 30.5 Å². The molecule has 3 rings (SSSR count). The average molecular weight is 332 g/mol. The highest BCUT2D eigenvalue weighted by Crippen LogP contribution is 2.30. The fourth-order valence-corrected chi connectivity index (χ4v) is 2.95. The number of benzene rings is 1. The van der Waals surface area contributed by atoms with Crippen LogP contribution >= 0.6 is 0 Å². The summed E-state index contributed by atoms with van der Waals surface area (Å²) in [4.78, 5) is 16.6. The summed E-state index contributed by atoms with van der Waals surface area (Å²) < 4.78 is 32.2. The zero-order valence-electron chi connectivity index (χ0n) is 13.5. The van der Waals surface area contributed by atoms with Crippen LogP contribution in [0.1, 0.15) is 39.7 Å². The summed E-state index contributed by atoms with van der Waals surface area (Å²) in [7, 11) is 0. The van der Waals surface area contributed by atoms with E-state index < -0.39 is 17.7 Å². The number of hydrogen-bond donors (Lipinski definition) is 1. The van der Waals surface area contributed by atoms with Crippen LogP contribution in [0.25, 0.3) is 0 Å². The van der Waals surface area contributed by atoms with Crippen molar-refractivity contribution in [2.24, 2.45) is 0 Å². The predicted octanol–water partition coefficient (Wildman–Crippen LogP) is 3.24. The summed E-state index contributed by atoms with van der Waals surface area (Å²) in [5.74, 6) is -2.13. The fourth-order valence-electron chi connectivity index (χ4n) is 2.95. The highest BCUT2D eigenvalue weighted by molar-refractivity contribution is 5.93. The van der Waals surface area contributed by atoms with E-state index in [0.29, 0.717) is 24.3 Å². The Balaban J connectivity index is 1.78. The molecule has 0 spiro atoms. The number of hydrogen-bond acceptors (Lipinski definition) is 3. The van der Waals surface area contributed by atoms with Gasteiger partial charge in [0.25, 0.3) is 5.91 Å². The molecule has 0 unspecified atom stereocenters. The van der Waals surface area contributed by atoms with E-state index in [-0.39, 0.29) is 11.9 Å². The average Bonchev–Trinajstić information content (AvgIpc) is 2.98. The predicted molar refractivity (Wildman–Crippen MR) is 84.6 cm³/mol. The topological polar surface area (TPSA) is 51.2 Å². The SMILES string of the molecule is Cc1cnc(C(=O)N[C@@H]2CCO[C@H]2c2ccc(F)c(F)c2)c(C)c1. The van der Waals surface area contributed by atoms with Gasteiger partial charge in [0.2, 0.25) is 0 Å². The van der Waals surface area contributed by atoms with Crippen LogP contribution < -0.4 is 5.32 Å². The van der Waals surface area contributed by atoms with Gasteiger partial charge in [-0.3, -0.25) is 9.78 Å². The third-order valence-electron chi connectivity index (χ3n) is 4.11. The quantitative estimate of drug-likeness (QED) is 0.939. The first-order chi connectivity index (χ1) is 11.5. The lowest BCUT2D eigenvalue weighted by Gasteiger charge is -2.20. The van der Waals surface area contributed by atoms with Gasteiger partial charge in [0.05, 0.1) is 6.04 Å². The number of rotatable bonds is 3. The van der Waals surface area contributed by atoms with Gasteiger partial charge in [-0.2, -0.15) is 0 Å². The molecule has 2 aromatic rings. The standard InChI is InChI=1S/C18H18F2N2O2/c1-10-7-11(2)16(21-9-10)18(23)22-15-5-6-24-17(15)12-3-4-13(19)14(20)8-12/h3-4,7-9,15,17H,5-6H2,1-2H3,(H,22,23)/t15-,17+/m1/s1. The van der Waals surface area contributed by atoms with Gasteiger partial charge in [0.1, 0.15) is 11.8 Å². The van der Waals surface area contributed by atoms with Gasteiger partial charge in [0.15, 0.2) is 11.6 Å². The Morgan fingerprint density at radius 2 is 2.04 bits per heavy atom. The van der Waals surface area contributed by atoms with Crippen molar-refractivity contribution in [1.29, 1.82) is 0 Å². The molecule has 6 heteroatoms. The second-order valence-corrected chi connectivity index (χ2v) is 6.01. The van der Waals surface area contributed by atoms with Crippen molar-refractivity contribution in [3.63, 3.8) is 0 Å². The van der Waals surface area contributed by atoms with Crippen LogP contribution in [0.4, 0.5) is 8.78 Å². The third-order valence-corrected chi connectivity index (χ3v) is 4.11. The summed E-state index contributed by atoms with van der Waals surface area (Å²) in [6.45, 7) is 4.17. The maximum Gasteiger partial charge on any atom is 0.270 e. The number of nitrogens with zero attached hydrogens (tertiary/aromatic N) is 1. The van der Waals surface area contributed by atoms with Gasteiger partial charge in [-0.05, 0) is 49.1 Å². The molecule has 0 aliphatic carbocycles. The molecular formula is C18H18F2N2O2. The lowest BCUT2D eigenvalue weighted by atomic mass is 10.0.